The standard InChI is InChI=1S/C34H28Cl2N6O9S2/c1-34(2,32(49)50)51-40-23(20-14-53-33(37)38-20)28(45)39-24-29(46)42-25(31(47)48)17(13-52-30(24)42)8-7-15-3-5-16(6-4-15)11-41-10-9-18-19(12-41)22(36)27(44)26(43)21(18)35/h3-10,12,14,24,30H,11,13H2,1-2H3,(H6,37,38,39,44,45,47,48,49,50)/p+1/b8-7-,40-23-/t24-,30-/m1/s1. The van der Waals surface area contributed by atoms with Crippen molar-refractivity contribution in [2.75, 3.05) is 11.5 Å². The molecule has 0 unspecified atom stereocenters. The molecule has 0 aliphatic carbocycles. The summed E-state index contributed by atoms with van der Waals surface area (Å²) in [5.41, 5.74) is 5.38. The molecule has 0 bridgehead atoms. The van der Waals surface area contributed by atoms with Crippen molar-refractivity contribution in [2.24, 2.45) is 5.16 Å². The summed E-state index contributed by atoms with van der Waals surface area (Å²) < 4.78 is 1.84. The number of aliphatic carboxylic acids is 2. The quantitative estimate of drug-likeness (QED) is 0.0417. The second-order valence-electron chi connectivity index (χ2n) is 12.3. The van der Waals surface area contributed by atoms with Gasteiger partial charge in [0.1, 0.15) is 27.8 Å². The molecular weight excluding hydrogens is 771 g/mol. The fourth-order valence-electron chi connectivity index (χ4n) is 5.39. The number of thiazole rings is 1. The number of aromatic hydroxyl groups is 2. The number of amides is 2. The number of oxime groups is 1. The van der Waals surface area contributed by atoms with Gasteiger partial charge in [-0.2, -0.15) is 0 Å². The zero-order chi connectivity index (χ0) is 38.4. The van der Waals surface area contributed by atoms with Gasteiger partial charge in [0.25, 0.3) is 11.8 Å². The number of carbonyl (C=O) groups excluding carboxylic acids is 2. The number of benzene rings is 2. The molecule has 6 rings (SSSR count). The number of rotatable bonds is 11. The molecule has 2 atom stereocenters. The molecule has 15 nitrogen and oxygen atoms in total. The van der Waals surface area contributed by atoms with Crippen LogP contribution in [0.2, 0.25) is 10.0 Å². The van der Waals surface area contributed by atoms with Crippen molar-refractivity contribution >= 4 is 97.7 Å². The first kappa shape index (κ1) is 37.4. The minimum atomic E-state index is -1.79. The molecule has 4 aromatic rings. The summed E-state index contributed by atoms with van der Waals surface area (Å²) in [7, 11) is 0. The number of pyridine rings is 1. The van der Waals surface area contributed by atoms with Crippen LogP contribution in [0, 0.1) is 0 Å². The Morgan fingerprint density at radius 2 is 1.79 bits per heavy atom. The van der Waals surface area contributed by atoms with Crippen LogP contribution in [0.25, 0.3) is 16.8 Å². The second kappa shape index (κ2) is 14.6. The number of hydrogen-bond donors (Lipinski definition) is 6. The number of nitrogens with two attached hydrogens (primary N) is 1. The Kier molecular flexibility index (Phi) is 10.3. The summed E-state index contributed by atoms with van der Waals surface area (Å²) in [6, 6.07) is 8.03. The monoisotopic (exact) mass is 799 g/mol. The second-order valence-corrected chi connectivity index (χ2v) is 15.1. The highest BCUT2D eigenvalue weighted by Gasteiger charge is 2.54. The van der Waals surface area contributed by atoms with Crippen molar-refractivity contribution in [3.63, 3.8) is 0 Å². The first-order chi connectivity index (χ1) is 25.1. The molecule has 53 heavy (non-hydrogen) atoms. The molecule has 19 heteroatoms. The number of carboxylic acid groups (broad SMARTS) is 2. The molecule has 0 saturated carbocycles. The van der Waals surface area contributed by atoms with E-state index in [1.807, 2.05) is 28.8 Å². The lowest BCUT2D eigenvalue weighted by molar-refractivity contribution is -0.687. The Labute approximate surface area is 318 Å². The molecule has 274 valence electrons. The first-order valence-corrected chi connectivity index (χ1v) is 18.2. The summed E-state index contributed by atoms with van der Waals surface area (Å²) in [5, 5.41) is 47.6. The van der Waals surface area contributed by atoms with Gasteiger partial charge < -0.3 is 36.3 Å². The zero-order valence-electron chi connectivity index (χ0n) is 27.6. The topological polar surface area (TPSA) is 229 Å². The van der Waals surface area contributed by atoms with Crippen molar-refractivity contribution in [2.45, 2.75) is 37.4 Å². The molecule has 2 amide bonds. The maximum atomic E-state index is 13.3. The van der Waals surface area contributed by atoms with Gasteiger partial charge in [-0.05, 0) is 25.0 Å². The number of phenolic OH excluding ortho intramolecular Hbond substituents is 2. The summed E-state index contributed by atoms with van der Waals surface area (Å²) in [5.74, 6) is -4.97. The largest absolute Gasteiger partial charge is 0.503 e. The van der Waals surface area contributed by atoms with Crippen LogP contribution in [0.5, 0.6) is 11.5 Å². The van der Waals surface area contributed by atoms with Gasteiger partial charge in [-0.15, -0.1) is 23.1 Å². The number of β-lactam (4-membered cyclic amide) rings is 1. The Morgan fingerprint density at radius 3 is 2.42 bits per heavy atom. The van der Waals surface area contributed by atoms with E-state index >= 15 is 0 Å². The molecule has 0 spiro atoms. The molecule has 2 aromatic carbocycles. The van der Waals surface area contributed by atoms with Crippen molar-refractivity contribution in [1.29, 1.82) is 0 Å². The number of fused-ring (bicyclic) bond motifs is 2. The number of phenols is 2. The average molecular weight is 801 g/mol. The van der Waals surface area contributed by atoms with Gasteiger partial charge in [-0.25, -0.2) is 19.1 Å². The SMILES string of the molecule is CC(C)(O/N=C(\C(=O)N[C@@H]1C(=O)N2C(C(=O)O)=C(/C=C\c3ccc(C[n+]4ccc5c(Cl)c(O)c(O)c(Cl)c5c4)cc3)CS[C@H]12)c1csc(N)n1)C(=O)O. The molecular formula is C34H29Cl2N6O9S2+. The zero-order valence-corrected chi connectivity index (χ0v) is 30.8. The number of nitrogens with one attached hydrogen (secondary N) is 1. The average Bonchev–Trinajstić information content (AvgIpc) is 3.56. The minimum Gasteiger partial charge on any atom is -0.503 e. The van der Waals surface area contributed by atoms with E-state index in [4.69, 9.17) is 33.8 Å². The van der Waals surface area contributed by atoms with Gasteiger partial charge in [0.2, 0.25) is 5.60 Å². The van der Waals surface area contributed by atoms with Crippen LogP contribution in [0.3, 0.4) is 0 Å². The van der Waals surface area contributed by atoms with E-state index in [0.29, 0.717) is 22.9 Å². The predicted octanol–water partition coefficient (Wildman–Crippen LogP) is 3.97. The highest BCUT2D eigenvalue weighted by molar-refractivity contribution is 8.00. The number of allylic oxidation sites excluding steroid dienone is 1. The molecule has 1 saturated heterocycles. The van der Waals surface area contributed by atoms with Crippen LogP contribution in [-0.2, 0) is 30.6 Å². The highest BCUT2D eigenvalue weighted by atomic mass is 35.5. The molecule has 0 radical (unpaired) electrons. The number of nitrogens with zero attached hydrogens (tertiary/aromatic N) is 4. The number of nitrogen functional groups attached to an aromatic ring is 1. The summed E-state index contributed by atoms with van der Waals surface area (Å²) in [6.07, 6.45) is 6.83. The van der Waals surface area contributed by atoms with Crippen LogP contribution in [0.1, 0.15) is 30.7 Å². The minimum absolute atomic E-state index is 0.00320. The molecule has 7 N–H and O–H groups in total. The molecule has 4 heterocycles. The van der Waals surface area contributed by atoms with Crippen LogP contribution < -0.4 is 15.6 Å². The fraction of sp³-hybridized carbons (Fsp3) is 0.206. The van der Waals surface area contributed by atoms with Gasteiger partial charge in [-0.1, -0.05) is 64.8 Å². The van der Waals surface area contributed by atoms with Gasteiger partial charge in [0, 0.05) is 28.1 Å². The number of thioether (sulfide) groups is 1. The van der Waals surface area contributed by atoms with Gasteiger partial charge in [0.05, 0.1) is 10.4 Å². The van der Waals surface area contributed by atoms with Gasteiger partial charge in [0.15, 0.2) is 41.3 Å². The molecule has 2 aromatic heterocycles. The van der Waals surface area contributed by atoms with Crippen molar-refractivity contribution < 1.29 is 49.0 Å². The Balaban J connectivity index is 1.15. The third-order valence-corrected chi connectivity index (χ3v) is 11.0. The lowest BCUT2D eigenvalue weighted by Gasteiger charge is -2.49. The first-order valence-electron chi connectivity index (χ1n) is 15.5. The normalized spacial score (nSPS) is 17.5. The number of hydrogen-bond acceptors (Lipinski definition) is 12. The van der Waals surface area contributed by atoms with Crippen LogP contribution >= 0.6 is 46.3 Å². The predicted molar refractivity (Wildman–Crippen MR) is 198 cm³/mol. The smallest absolute Gasteiger partial charge is 0.352 e. The summed E-state index contributed by atoms with van der Waals surface area (Å²) >= 11 is 14.7. The van der Waals surface area contributed by atoms with E-state index in [1.165, 1.54) is 31.0 Å². The number of carbonyl (C=O) groups is 4. The van der Waals surface area contributed by atoms with Crippen molar-refractivity contribution in [3.05, 3.63) is 92.3 Å². The third kappa shape index (κ3) is 7.33. The number of aromatic nitrogens is 2. The Hall–Kier alpha value is -5.36. The number of carboxylic acids is 2. The fourth-order valence-corrected chi connectivity index (χ4v) is 7.75. The lowest BCUT2D eigenvalue weighted by Crippen LogP contribution is -2.71. The maximum Gasteiger partial charge on any atom is 0.352 e. The van der Waals surface area contributed by atoms with E-state index in [-0.39, 0.29) is 32.3 Å². The van der Waals surface area contributed by atoms with Crippen LogP contribution in [0.15, 0.2) is 70.6 Å². The van der Waals surface area contributed by atoms with Gasteiger partial charge >= 0.3 is 11.9 Å². The molecule has 2 aliphatic heterocycles. The van der Waals surface area contributed by atoms with E-state index in [2.05, 4.69) is 15.5 Å². The lowest BCUT2D eigenvalue weighted by atomic mass is 10.0. The Morgan fingerprint density at radius 1 is 1.11 bits per heavy atom. The Bertz CT molecular complexity index is 2290. The van der Waals surface area contributed by atoms with E-state index in [9.17, 15) is 39.6 Å². The molecule has 2 aliphatic rings. The van der Waals surface area contributed by atoms with E-state index in [1.54, 1.807) is 30.6 Å². The maximum absolute atomic E-state index is 13.3. The molecule has 1 fully saturated rings. The van der Waals surface area contributed by atoms with Crippen LogP contribution in [0.4, 0.5) is 5.13 Å². The van der Waals surface area contributed by atoms with Gasteiger partial charge in [-0.3, -0.25) is 14.5 Å². The van der Waals surface area contributed by atoms with Crippen LogP contribution in [-0.4, -0.2) is 82.5 Å². The number of halogens is 2. The van der Waals surface area contributed by atoms with Crippen molar-refractivity contribution in [3.8, 4) is 11.5 Å². The third-order valence-electron chi connectivity index (χ3n) is 8.30. The van der Waals surface area contributed by atoms with E-state index in [0.717, 1.165) is 27.4 Å². The number of anilines is 1. The van der Waals surface area contributed by atoms with E-state index < -0.39 is 58.0 Å². The van der Waals surface area contributed by atoms with Crippen molar-refractivity contribution in [1.82, 2.24) is 15.2 Å². The summed E-state index contributed by atoms with van der Waals surface area (Å²) in [6.45, 7) is 2.91. The highest BCUT2D eigenvalue weighted by Crippen LogP contribution is 2.45. The summed E-state index contributed by atoms with van der Waals surface area (Å²) in [4.78, 5) is 60.8.